The number of aromatic hydroxyl groups is 1. The van der Waals surface area contributed by atoms with Crippen molar-refractivity contribution >= 4 is 34.4 Å². The largest absolute Gasteiger partial charge is 0.551 e. The van der Waals surface area contributed by atoms with Crippen molar-refractivity contribution in [2.24, 2.45) is 14.7 Å². The maximum atomic E-state index is 12.3. The SMILES string of the molecule is Cc1cc([C@H](NC2=NS(=O)N=C2Nc2cccc(C(=O)N(C)C)c2O)C(C)C)[oH+]c1C. The molecular formula is C21H28N5O4S+. The maximum absolute atomic E-state index is 12.3. The van der Waals surface area contributed by atoms with Crippen molar-refractivity contribution < 1.29 is 18.5 Å². The van der Waals surface area contributed by atoms with E-state index >= 15 is 0 Å². The Kier molecular flexibility index (Phi) is 6.49. The summed E-state index contributed by atoms with van der Waals surface area (Å²) in [6.45, 7) is 8.06. The van der Waals surface area contributed by atoms with E-state index in [0.29, 0.717) is 5.84 Å². The molecule has 0 spiro atoms. The second-order valence-electron chi connectivity index (χ2n) is 7.95. The normalized spacial score (nSPS) is 16.7. The van der Waals surface area contributed by atoms with Crippen LogP contribution in [0.4, 0.5) is 5.69 Å². The number of furan rings is 1. The molecule has 2 atom stereocenters. The van der Waals surface area contributed by atoms with Crippen molar-refractivity contribution in [1.82, 2.24) is 10.2 Å². The number of para-hydroxylation sites is 1. The Bertz CT molecular complexity index is 1070. The zero-order valence-electron chi connectivity index (χ0n) is 18.4. The minimum absolute atomic E-state index is 0.146. The second kappa shape index (κ2) is 8.93. The van der Waals surface area contributed by atoms with E-state index in [0.717, 1.165) is 17.1 Å². The minimum Gasteiger partial charge on any atom is -0.551 e. The first-order valence-corrected chi connectivity index (χ1v) is 10.9. The van der Waals surface area contributed by atoms with Gasteiger partial charge in [0.2, 0.25) is 5.76 Å². The summed E-state index contributed by atoms with van der Waals surface area (Å²) in [5.74, 6) is 1.96. The van der Waals surface area contributed by atoms with E-state index in [9.17, 15) is 14.1 Å². The van der Waals surface area contributed by atoms with Crippen LogP contribution in [0.5, 0.6) is 5.75 Å². The van der Waals surface area contributed by atoms with Crippen LogP contribution in [0.25, 0.3) is 0 Å². The van der Waals surface area contributed by atoms with Gasteiger partial charge in [0.1, 0.15) is 6.04 Å². The van der Waals surface area contributed by atoms with Crippen LogP contribution >= 0.6 is 0 Å². The molecule has 10 heteroatoms. The topological polar surface area (TPSA) is 119 Å². The number of carbonyl (C=O) groups is 1. The van der Waals surface area contributed by atoms with Crippen LogP contribution in [0.15, 0.2) is 37.5 Å². The predicted molar refractivity (Wildman–Crippen MR) is 123 cm³/mol. The van der Waals surface area contributed by atoms with Gasteiger partial charge in [-0.3, -0.25) is 4.79 Å². The third-order valence-corrected chi connectivity index (χ3v) is 5.68. The lowest BCUT2D eigenvalue weighted by atomic mass is 10.0. The van der Waals surface area contributed by atoms with Crippen LogP contribution in [-0.4, -0.2) is 45.9 Å². The van der Waals surface area contributed by atoms with Gasteiger partial charge in [0.15, 0.2) is 17.4 Å². The zero-order valence-corrected chi connectivity index (χ0v) is 19.2. The molecule has 2 heterocycles. The zero-order chi connectivity index (χ0) is 22.9. The molecule has 0 bridgehead atoms. The number of anilines is 1. The lowest BCUT2D eigenvalue weighted by molar-refractivity contribution is 0.0824. The standard InChI is InChI=1S/C21H27N5O4S/c1-11(2)17(16-10-12(3)13(4)30-16)23-20-19(24-31(29)25-20)22-15-9-7-8-14(18(15)27)21(28)26(5)6/h7-11,17,27H,1-6H3,(H,22,24)(H,23,25)/p+1/t17-,31?/m1/s1. The number of aryl methyl sites for hydroxylation is 2. The summed E-state index contributed by atoms with van der Waals surface area (Å²) in [6, 6.07) is 6.63. The molecule has 0 fully saturated rings. The molecule has 0 saturated carbocycles. The van der Waals surface area contributed by atoms with Crippen LogP contribution < -0.4 is 10.6 Å². The number of phenolic OH excluding ortho intramolecular Hbond substituents is 1. The number of phenols is 1. The Labute approximate surface area is 184 Å². The first-order valence-electron chi connectivity index (χ1n) is 9.86. The third kappa shape index (κ3) is 4.79. The van der Waals surface area contributed by atoms with Gasteiger partial charge in [-0.25, -0.2) is 4.21 Å². The number of carbonyl (C=O) groups excluding carboxylic acids is 1. The minimum atomic E-state index is -1.80. The van der Waals surface area contributed by atoms with E-state index in [-0.39, 0.29) is 40.7 Å². The number of hydrogen-bond donors (Lipinski definition) is 3. The van der Waals surface area contributed by atoms with E-state index in [4.69, 9.17) is 0 Å². The average Bonchev–Trinajstić information content (AvgIpc) is 3.21. The quantitative estimate of drug-likeness (QED) is 0.481. The van der Waals surface area contributed by atoms with E-state index < -0.39 is 11.2 Å². The molecule has 1 aromatic heterocycles. The molecule has 0 aliphatic carbocycles. The highest BCUT2D eigenvalue weighted by atomic mass is 32.2. The van der Waals surface area contributed by atoms with Gasteiger partial charge in [-0.05, 0) is 25.0 Å². The first-order chi connectivity index (χ1) is 14.6. The van der Waals surface area contributed by atoms with Gasteiger partial charge in [-0.15, -0.1) is 8.80 Å². The Hall–Kier alpha value is -3.14. The van der Waals surface area contributed by atoms with Crippen molar-refractivity contribution in [2.75, 3.05) is 19.4 Å². The van der Waals surface area contributed by atoms with Crippen LogP contribution in [0, 0.1) is 19.8 Å². The number of amidine groups is 2. The number of benzene rings is 1. The fraction of sp³-hybridized carbons (Fsp3) is 0.381. The Morgan fingerprint density at radius 2 is 1.87 bits per heavy atom. The number of nitrogens with one attached hydrogen (secondary N) is 2. The van der Waals surface area contributed by atoms with Crippen LogP contribution in [-0.2, 0) is 11.2 Å². The summed E-state index contributed by atoms with van der Waals surface area (Å²) in [6.07, 6.45) is 0. The molecule has 9 nitrogen and oxygen atoms in total. The van der Waals surface area contributed by atoms with Gasteiger partial charge in [0.25, 0.3) is 22.8 Å². The van der Waals surface area contributed by atoms with Crippen LogP contribution in [0.2, 0.25) is 0 Å². The molecule has 31 heavy (non-hydrogen) atoms. The van der Waals surface area contributed by atoms with Crippen LogP contribution in [0.3, 0.4) is 0 Å². The summed E-state index contributed by atoms with van der Waals surface area (Å²) in [5, 5.41) is 16.8. The Balaban J connectivity index is 1.87. The fourth-order valence-corrected chi connectivity index (χ4v) is 3.78. The number of nitrogens with zero attached hydrogens (tertiary/aromatic N) is 3. The van der Waals surface area contributed by atoms with Crippen molar-refractivity contribution in [3.8, 4) is 5.75 Å². The van der Waals surface area contributed by atoms with Crippen LogP contribution in [0.1, 0.15) is 47.3 Å². The van der Waals surface area contributed by atoms with Gasteiger partial charge < -0.3 is 25.1 Å². The van der Waals surface area contributed by atoms with E-state index in [1.165, 1.54) is 11.0 Å². The molecule has 1 amide bonds. The Morgan fingerprint density at radius 3 is 2.45 bits per heavy atom. The maximum Gasteiger partial charge on any atom is 0.269 e. The highest BCUT2D eigenvalue weighted by Crippen LogP contribution is 2.30. The van der Waals surface area contributed by atoms with Crippen molar-refractivity contribution in [2.45, 2.75) is 33.7 Å². The molecular weight excluding hydrogens is 418 g/mol. The summed E-state index contributed by atoms with van der Waals surface area (Å²) in [5.41, 5.74) is 1.51. The highest BCUT2D eigenvalue weighted by Gasteiger charge is 2.30. The van der Waals surface area contributed by atoms with Gasteiger partial charge >= 0.3 is 0 Å². The Morgan fingerprint density at radius 1 is 1.19 bits per heavy atom. The first kappa shape index (κ1) is 22.5. The highest BCUT2D eigenvalue weighted by molar-refractivity contribution is 7.83. The third-order valence-electron chi connectivity index (χ3n) is 5.00. The molecule has 0 radical (unpaired) electrons. The molecule has 1 aliphatic rings. The average molecular weight is 447 g/mol. The van der Waals surface area contributed by atoms with Gasteiger partial charge in [-0.2, -0.15) is 0 Å². The summed E-state index contributed by atoms with van der Waals surface area (Å²) in [7, 11) is 3.21. The molecule has 2 aromatic rings. The molecule has 3 rings (SSSR count). The fourth-order valence-electron chi connectivity index (χ4n) is 3.15. The van der Waals surface area contributed by atoms with Gasteiger partial charge in [-0.1, -0.05) is 19.9 Å². The van der Waals surface area contributed by atoms with E-state index in [1.54, 1.807) is 26.2 Å². The molecule has 1 unspecified atom stereocenters. The van der Waals surface area contributed by atoms with E-state index in [1.807, 2.05) is 19.9 Å². The monoisotopic (exact) mass is 446 g/mol. The van der Waals surface area contributed by atoms with Crippen molar-refractivity contribution in [1.29, 1.82) is 0 Å². The molecule has 1 aromatic carbocycles. The number of hydrogen-bond acceptors (Lipinski definition) is 5. The lowest BCUT2D eigenvalue weighted by Gasteiger charge is -2.20. The second-order valence-corrected chi connectivity index (χ2v) is 8.78. The predicted octanol–water partition coefficient (Wildman–Crippen LogP) is 3.20. The summed E-state index contributed by atoms with van der Waals surface area (Å²) in [4.78, 5) is 13.7. The van der Waals surface area contributed by atoms with Crippen molar-refractivity contribution in [3.05, 3.63) is 46.9 Å². The van der Waals surface area contributed by atoms with Gasteiger partial charge in [0, 0.05) is 32.6 Å². The smallest absolute Gasteiger partial charge is 0.269 e. The molecule has 4 N–H and O–H groups in total. The summed E-state index contributed by atoms with van der Waals surface area (Å²) >= 11 is -1.80. The number of rotatable bonds is 5. The van der Waals surface area contributed by atoms with E-state index in [2.05, 4.69) is 37.7 Å². The molecule has 0 saturated heterocycles. The molecule has 1 aliphatic heterocycles. The summed E-state index contributed by atoms with van der Waals surface area (Å²) < 4.78 is 24.8. The lowest BCUT2D eigenvalue weighted by Crippen LogP contribution is -2.38. The molecule has 166 valence electrons. The number of amides is 1. The van der Waals surface area contributed by atoms with Crippen molar-refractivity contribution in [3.63, 3.8) is 0 Å². The van der Waals surface area contributed by atoms with Gasteiger partial charge in [0.05, 0.1) is 11.3 Å².